The van der Waals surface area contributed by atoms with Crippen LogP contribution in [0.2, 0.25) is 0 Å². The fourth-order valence-electron chi connectivity index (χ4n) is 1.45. The van der Waals surface area contributed by atoms with Crippen LogP contribution in [0, 0.1) is 6.92 Å². The Balaban J connectivity index is 2.19. The maximum Gasteiger partial charge on any atom is 0.264 e. The number of hydrogen-bond acceptors (Lipinski definition) is 5. The number of hydrogen-bond donors (Lipinski definition) is 2. The molecule has 1 heterocycles. The summed E-state index contributed by atoms with van der Waals surface area (Å²) in [7, 11) is -3.68. The van der Waals surface area contributed by atoms with Crippen LogP contribution in [-0.4, -0.2) is 30.2 Å². The Morgan fingerprint density at radius 3 is 2.53 bits per heavy atom. The standard InChI is InChI=1S/C11H14N4O3S/c1-3-18-9-4-6-10(7-5-9)19(16,17)15-11-12-8(2)13-14-11/h4-7H,3H2,1-2H3,(H2,12,13,14,15). The lowest BCUT2D eigenvalue weighted by molar-refractivity contribution is 0.340. The zero-order chi connectivity index (χ0) is 13.9. The SMILES string of the molecule is CCOc1ccc(S(=O)(=O)Nc2n[nH]c(C)n2)cc1. The third-order valence-electron chi connectivity index (χ3n) is 2.27. The fraction of sp³-hybridized carbons (Fsp3) is 0.273. The first kappa shape index (κ1) is 13.3. The Hall–Kier alpha value is -2.09. The van der Waals surface area contributed by atoms with Gasteiger partial charge in [-0.15, -0.1) is 5.10 Å². The summed E-state index contributed by atoms with van der Waals surface area (Å²) >= 11 is 0. The Labute approximate surface area is 111 Å². The third kappa shape index (κ3) is 3.22. The Morgan fingerprint density at radius 2 is 2.00 bits per heavy atom. The van der Waals surface area contributed by atoms with Crippen molar-refractivity contribution < 1.29 is 13.2 Å². The normalized spacial score (nSPS) is 11.3. The lowest BCUT2D eigenvalue weighted by Crippen LogP contribution is -2.14. The monoisotopic (exact) mass is 282 g/mol. The molecule has 1 aromatic carbocycles. The number of aryl methyl sites for hydroxylation is 1. The molecule has 0 amide bonds. The van der Waals surface area contributed by atoms with Crippen molar-refractivity contribution >= 4 is 16.0 Å². The van der Waals surface area contributed by atoms with Crippen LogP contribution in [0.25, 0.3) is 0 Å². The van der Waals surface area contributed by atoms with Gasteiger partial charge in [-0.25, -0.2) is 13.1 Å². The minimum Gasteiger partial charge on any atom is -0.494 e. The highest BCUT2D eigenvalue weighted by Gasteiger charge is 2.16. The molecule has 8 heteroatoms. The summed E-state index contributed by atoms with van der Waals surface area (Å²) in [6.45, 7) is 4.07. The molecule has 0 saturated heterocycles. The van der Waals surface area contributed by atoms with E-state index in [0.717, 1.165) is 0 Å². The van der Waals surface area contributed by atoms with Gasteiger partial charge in [0.25, 0.3) is 16.0 Å². The van der Waals surface area contributed by atoms with Crippen molar-refractivity contribution in [1.29, 1.82) is 0 Å². The van der Waals surface area contributed by atoms with E-state index >= 15 is 0 Å². The molecule has 19 heavy (non-hydrogen) atoms. The van der Waals surface area contributed by atoms with E-state index in [-0.39, 0.29) is 10.8 Å². The van der Waals surface area contributed by atoms with E-state index < -0.39 is 10.0 Å². The number of anilines is 1. The minimum atomic E-state index is -3.68. The average molecular weight is 282 g/mol. The molecule has 0 aliphatic rings. The van der Waals surface area contributed by atoms with Crippen molar-refractivity contribution in [3.63, 3.8) is 0 Å². The first-order valence-corrected chi connectivity index (χ1v) is 7.14. The van der Waals surface area contributed by atoms with Crippen molar-refractivity contribution in [2.75, 3.05) is 11.3 Å². The van der Waals surface area contributed by atoms with Crippen molar-refractivity contribution in [1.82, 2.24) is 15.2 Å². The average Bonchev–Trinajstić information content (AvgIpc) is 2.75. The molecule has 102 valence electrons. The molecule has 0 aliphatic heterocycles. The highest BCUT2D eigenvalue weighted by atomic mass is 32.2. The van der Waals surface area contributed by atoms with Gasteiger partial charge in [-0.2, -0.15) is 4.98 Å². The molecule has 0 unspecified atom stereocenters. The molecule has 2 rings (SSSR count). The number of benzene rings is 1. The zero-order valence-electron chi connectivity index (χ0n) is 10.5. The summed E-state index contributed by atoms with van der Waals surface area (Å²) in [6, 6.07) is 6.13. The number of aromatic amines is 1. The van der Waals surface area contributed by atoms with Crippen LogP contribution in [0.4, 0.5) is 5.95 Å². The molecule has 0 spiro atoms. The maximum absolute atomic E-state index is 12.0. The van der Waals surface area contributed by atoms with Crippen LogP contribution >= 0.6 is 0 Å². The Morgan fingerprint density at radius 1 is 1.32 bits per heavy atom. The second-order valence-corrected chi connectivity index (χ2v) is 5.44. The largest absolute Gasteiger partial charge is 0.494 e. The number of H-pyrrole nitrogens is 1. The van der Waals surface area contributed by atoms with Crippen LogP contribution in [0.15, 0.2) is 29.2 Å². The molecule has 7 nitrogen and oxygen atoms in total. The van der Waals surface area contributed by atoms with E-state index in [4.69, 9.17) is 4.74 Å². The highest BCUT2D eigenvalue weighted by molar-refractivity contribution is 7.92. The number of rotatable bonds is 5. The molecular weight excluding hydrogens is 268 g/mol. The Bertz CT molecular complexity index is 649. The second kappa shape index (κ2) is 5.27. The number of aromatic nitrogens is 3. The highest BCUT2D eigenvalue weighted by Crippen LogP contribution is 2.17. The van der Waals surface area contributed by atoms with E-state index in [1.807, 2.05) is 6.92 Å². The van der Waals surface area contributed by atoms with Crippen LogP contribution < -0.4 is 9.46 Å². The smallest absolute Gasteiger partial charge is 0.264 e. The van der Waals surface area contributed by atoms with Crippen LogP contribution in [0.5, 0.6) is 5.75 Å². The zero-order valence-corrected chi connectivity index (χ0v) is 11.4. The van der Waals surface area contributed by atoms with Gasteiger partial charge < -0.3 is 4.74 Å². The quantitative estimate of drug-likeness (QED) is 0.861. The summed E-state index contributed by atoms with van der Waals surface area (Å²) in [4.78, 5) is 4.01. The van der Waals surface area contributed by atoms with Gasteiger partial charge in [0, 0.05) is 0 Å². The van der Waals surface area contributed by atoms with Gasteiger partial charge in [0.15, 0.2) is 0 Å². The first-order chi connectivity index (χ1) is 9.01. The van der Waals surface area contributed by atoms with Crippen LogP contribution in [0.3, 0.4) is 0 Å². The Kier molecular flexibility index (Phi) is 3.70. The van der Waals surface area contributed by atoms with Gasteiger partial charge in [0.2, 0.25) is 0 Å². The lowest BCUT2D eigenvalue weighted by Gasteiger charge is -2.06. The molecule has 1 aromatic heterocycles. The van der Waals surface area contributed by atoms with Crippen molar-refractivity contribution in [3.05, 3.63) is 30.1 Å². The van der Waals surface area contributed by atoms with Gasteiger partial charge in [-0.1, -0.05) is 0 Å². The molecule has 2 aromatic rings. The summed E-state index contributed by atoms with van der Waals surface area (Å²) in [5.41, 5.74) is 0. The molecular formula is C11H14N4O3S. The lowest BCUT2D eigenvalue weighted by atomic mass is 10.3. The summed E-state index contributed by atoms with van der Waals surface area (Å²) in [5, 5.41) is 6.28. The number of ether oxygens (including phenoxy) is 1. The van der Waals surface area contributed by atoms with E-state index in [9.17, 15) is 8.42 Å². The predicted molar refractivity (Wildman–Crippen MR) is 69.5 cm³/mol. The molecule has 0 bridgehead atoms. The van der Waals surface area contributed by atoms with Crippen LogP contribution in [-0.2, 0) is 10.0 Å². The van der Waals surface area contributed by atoms with E-state index in [2.05, 4.69) is 19.9 Å². The molecule has 0 fully saturated rings. The van der Waals surface area contributed by atoms with E-state index in [1.165, 1.54) is 12.1 Å². The number of nitrogens with one attached hydrogen (secondary N) is 2. The van der Waals surface area contributed by atoms with Gasteiger partial charge in [0.1, 0.15) is 11.6 Å². The topological polar surface area (TPSA) is 97.0 Å². The predicted octanol–water partition coefficient (Wildman–Crippen LogP) is 1.31. The molecule has 0 atom stereocenters. The fourth-order valence-corrected chi connectivity index (χ4v) is 2.39. The van der Waals surface area contributed by atoms with Gasteiger partial charge >= 0.3 is 0 Å². The summed E-state index contributed by atoms with van der Waals surface area (Å²) < 4.78 is 31.6. The minimum absolute atomic E-state index is 0.0198. The van der Waals surface area contributed by atoms with Crippen molar-refractivity contribution in [2.45, 2.75) is 18.7 Å². The number of sulfonamides is 1. The van der Waals surface area contributed by atoms with E-state index in [0.29, 0.717) is 18.2 Å². The van der Waals surface area contributed by atoms with Gasteiger partial charge in [-0.05, 0) is 38.1 Å². The number of nitrogens with zero attached hydrogens (tertiary/aromatic N) is 2. The maximum atomic E-state index is 12.0. The molecule has 0 saturated carbocycles. The van der Waals surface area contributed by atoms with Gasteiger partial charge in [0.05, 0.1) is 11.5 Å². The van der Waals surface area contributed by atoms with Crippen LogP contribution in [0.1, 0.15) is 12.7 Å². The summed E-state index contributed by atoms with van der Waals surface area (Å²) in [5.74, 6) is 1.17. The van der Waals surface area contributed by atoms with E-state index in [1.54, 1.807) is 19.1 Å². The summed E-state index contributed by atoms with van der Waals surface area (Å²) in [6.07, 6.45) is 0. The van der Waals surface area contributed by atoms with Crippen molar-refractivity contribution in [3.8, 4) is 5.75 Å². The first-order valence-electron chi connectivity index (χ1n) is 5.66. The molecule has 0 radical (unpaired) electrons. The molecule has 0 aliphatic carbocycles. The second-order valence-electron chi connectivity index (χ2n) is 3.75. The van der Waals surface area contributed by atoms with Crippen molar-refractivity contribution in [2.24, 2.45) is 0 Å². The molecule has 2 N–H and O–H groups in total. The van der Waals surface area contributed by atoms with Gasteiger partial charge in [-0.3, -0.25) is 5.10 Å². The third-order valence-corrected chi connectivity index (χ3v) is 3.61.